The van der Waals surface area contributed by atoms with Crippen molar-refractivity contribution in [3.63, 3.8) is 0 Å². The maximum atomic E-state index is 5.66. The lowest BCUT2D eigenvalue weighted by Crippen LogP contribution is -2.14. The standard InChI is InChI=1S/C12H14N2O/c13-9-10-4-6-11(7-5-10)15-12-3-1-2-8-14-12/h1-2,4-8,12H,3,9,13H2. The van der Waals surface area contributed by atoms with E-state index in [4.69, 9.17) is 10.5 Å². The van der Waals surface area contributed by atoms with Crippen LogP contribution in [0.25, 0.3) is 0 Å². The summed E-state index contributed by atoms with van der Waals surface area (Å²) >= 11 is 0. The molecule has 2 rings (SSSR count). The van der Waals surface area contributed by atoms with Gasteiger partial charge in [-0.2, -0.15) is 0 Å². The summed E-state index contributed by atoms with van der Waals surface area (Å²) in [5, 5.41) is 0. The van der Waals surface area contributed by atoms with Crippen molar-refractivity contribution < 1.29 is 4.74 Å². The van der Waals surface area contributed by atoms with Gasteiger partial charge < -0.3 is 10.5 Å². The third-order valence-electron chi connectivity index (χ3n) is 2.24. The number of benzene rings is 1. The van der Waals surface area contributed by atoms with Crippen LogP contribution in [0.1, 0.15) is 12.0 Å². The molecule has 0 amide bonds. The van der Waals surface area contributed by atoms with Gasteiger partial charge in [0.15, 0.2) is 6.23 Å². The van der Waals surface area contributed by atoms with Crippen LogP contribution in [0.15, 0.2) is 41.4 Å². The van der Waals surface area contributed by atoms with E-state index in [1.54, 1.807) is 6.21 Å². The van der Waals surface area contributed by atoms with E-state index >= 15 is 0 Å². The molecule has 15 heavy (non-hydrogen) atoms. The van der Waals surface area contributed by atoms with Crippen molar-refractivity contribution in [1.29, 1.82) is 0 Å². The molecule has 0 radical (unpaired) electrons. The number of nitrogens with zero attached hydrogens (tertiary/aromatic N) is 1. The summed E-state index contributed by atoms with van der Waals surface area (Å²) in [6.07, 6.45) is 6.49. The molecular weight excluding hydrogens is 188 g/mol. The van der Waals surface area contributed by atoms with E-state index in [1.165, 1.54) is 0 Å². The second kappa shape index (κ2) is 4.75. The number of ether oxygens (including phenoxy) is 1. The van der Waals surface area contributed by atoms with Gasteiger partial charge in [-0.3, -0.25) is 4.99 Å². The summed E-state index contributed by atoms with van der Waals surface area (Å²) in [6, 6.07) is 7.79. The zero-order valence-corrected chi connectivity index (χ0v) is 8.47. The first-order valence-electron chi connectivity index (χ1n) is 5.02. The molecule has 1 aromatic rings. The largest absolute Gasteiger partial charge is 0.468 e. The summed E-state index contributed by atoms with van der Waals surface area (Å²) in [7, 11) is 0. The number of nitrogens with two attached hydrogens (primary N) is 1. The van der Waals surface area contributed by atoms with E-state index in [-0.39, 0.29) is 6.23 Å². The average Bonchev–Trinajstić information content (AvgIpc) is 2.31. The van der Waals surface area contributed by atoms with Gasteiger partial charge in [-0.1, -0.05) is 18.2 Å². The normalized spacial score (nSPS) is 19.1. The number of dihydropyridines is 1. The zero-order valence-electron chi connectivity index (χ0n) is 8.47. The molecule has 1 atom stereocenters. The zero-order chi connectivity index (χ0) is 10.5. The van der Waals surface area contributed by atoms with E-state index in [0.29, 0.717) is 6.54 Å². The third-order valence-corrected chi connectivity index (χ3v) is 2.24. The molecule has 1 aliphatic heterocycles. The average molecular weight is 202 g/mol. The van der Waals surface area contributed by atoms with Crippen molar-refractivity contribution in [2.45, 2.75) is 19.2 Å². The predicted octanol–water partition coefficient (Wildman–Crippen LogP) is 1.88. The van der Waals surface area contributed by atoms with Gasteiger partial charge in [-0.05, 0) is 23.8 Å². The first kappa shape index (κ1) is 9.93. The van der Waals surface area contributed by atoms with Crippen LogP contribution in [0.3, 0.4) is 0 Å². The second-order valence-corrected chi connectivity index (χ2v) is 3.38. The van der Waals surface area contributed by atoms with E-state index in [1.807, 2.05) is 36.4 Å². The monoisotopic (exact) mass is 202 g/mol. The number of aliphatic imine (C=N–C) groups is 1. The Hall–Kier alpha value is -1.61. The fourth-order valence-corrected chi connectivity index (χ4v) is 1.40. The maximum Gasteiger partial charge on any atom is 0.192 e. The second-order valence-electron chi connectivity index (χ2n) is 3.38. The van der Waals surface area contributed by atoms with E-state index in [0.717, 1.165) is 17.7 Å². The topological polar surface area (TPSA) is 47.6 Å². The SMILES string of the molecule is NCc1ccc(OC2CC=CC=N2)cc1. The molecule has 0 bridgehead atoms. The molecule has 0 fully saturated rings. The van der Waals surface area contributed by atoms with Gasteiger partial charge in [-0.15, -0.1) is 0 Å². The Bertz CT molecular complexity index is 368. The van der Waals surface area contributed by atoms with Crippen LogP contribution in [0.4, 0.5) is 0 Å². The number of allylic oxidation sites excluding steroid dienone is 1. The molecule has 1 unspecified atom stereocenters. The van der Waals surface area contributed by atoms with Crippen molar-refractivity contribution >= 4 is 6.21 Å². The molecule has 3 heteroatoms. The molecular formula is C12H14N2O. The highest BCUT2D eigenvalue weighted by Gasteiger charge is 2.07. The van der Waals surface area contributed by atoms with Crippen LogP contribution in [0.2, 0.25) is 0 Å². The summed E-state index contributed by atoms with van der Waals surface area (Å²) in [4.78, 5) is 4.21. The molecule has 0 saturated carbocycles. The van der Waals surface area contributed by atoms with E-state index in [9.17, 15) is 0 Å². The molecule has 1 aliphatic rings. The van der Waals surface area contributed by atoms with Gasteiger partial charge in [0.05, 0.1) is 0 Å². The van der Waals surface area contributed by atoms with Crippen LogP contribution >= 0.6 is 0 Å². The lowest BCUT2D eigenvalue weighted by atomic mass is 10.2. The maximum absolute atomic E-state index is 5.66. The first-order chi connectivity index (χ1) is 7.38. The molecule has 0 aliphatic carbocycles. The number of rotatable bonds is 3. The predicted molar refractivity (Wildman–Crippen MR) is 61.0 cm³/mol. The van der Waals surface area contributed by atoms with Crippen molar-refractivity contribution in [1.82, 2.24) is 0 Å². The number of hydrogen-bond acceptors (Lipinski definition) is 3. The van der Waals surface area contributed by atoms with Gasteiger partial charge in [-0.25, -0.2) is 0 Å². The lowest BCUT2D eigenvalue weighted by Gasteiger charge is -2.15. The molecule has 1 aromatic carbocycles. The Balaban J connectivity index is 1.98. The van der Waals surface area contributed by atoms with Gasteiger partial charge in [0.1, 0.15) is 5.75 Å². The summed E-state index contributed by atoms with van der Waals surface area (Å²) < 4.78 is 5.66. The Morgan fingerprint density at radius 3 is 2.73 bits per heavy atom. The Morgan fingerprint density at radius 1 is 1.33 bits per heavy atom. The summed E-state index contributed by atoms with van der Waals surface area (Å²) in [5.41, 5.74) is 6.62. The van der Waals surface area contributed by atoms with Gasteiger partial charge in [0.2, 0.25) is 0 Å². The van der Waals surface area contributed by atoms with Gasteiger partial charge in [0.25, 0.3) is 0 Å². The van der Waals surface area contributed by atoms with Crippen molar-refractivity contribution in [2.75, 3.05) is 0 Å². The highest BCUT2D eigenvalue weighted by molar-refractivity contribution is 5.71. The van der Waals surface area contributed by atoms with Crippen molar-refractivity contribution in [3.8, 4) is 5.75 Å². The fourth-order valence-electron chi connectivity index (χ4n) is 1.40. The molecule has 0 saturated heterocycles. The fraction of sp³-hybridized carbons (Fsp3) is 0.250. The Labute approximate surface area is 89.3 Å². The summed E-state index contributed by atoms with van der Waals surface area (Å²) in [6.45, 7) is 0.560. The summed E-state index contributed by atoms with van der Waals surface area (Å²) in [5.74, 6) is 0.838. The molecule has 2 N–H and O–H groups in total. The molecule has 0 aromatic heterocycles. The van der Waals surface area contributed by atoms with Crippen molar-refractivity contribution in [3.05, 3.63) is 42.0 Å². The van der Waals surface area contributed by atoms with Crippen LogP contribution in [0, 0.1) is 0 Å². The lowest BCUT2D eigenvalue weighted by molar-refractivity contribution is 0.214. The Kier molecular flexibility index (Phi) is 3.15. The highest BCUT2D eigenvalue weighted by atomic mass is 16.5. The highest BCUT2D eigenvalue weighted by Crippen LogP contribution is 2.16. The molecule has 3 nitrogen and oxygen atoms in total. The van der Waals surface area contributed by atoms with Crippen molar-refractivity contribution in [2.24, 2.45) is 10.7 Å². The quantitative estimate of drug-likeness (QED) is 0.813. The van der Waals surface area contributed by atoms with Crippen LogP contribution in [-0.2, 0) is 6.54 Å². The third kappa shape index (κ3) is 2.67. The van der Waals surface area contributed by atoms with Gasteiger partial charge in [0, 0.05) is 19.2 Å². The van der Waals surface area contributed by atoms with E-state index < -0.39 is 0 Å². The number of hydrogen-bond donors (Lipinski definition) is 1. The van der Waals surface area contributed by atoms with E-state index in [2.05, 4.69) is 4.99 Å². The minimum atomic E-state index is -0.0845. The van der Waals surface area contributed by atoms with Gasteiger partial charge >= 0.3 is 0 Å². The first-order valence-corrected chi connectivity index (χ1v) is 5.02. The minimum Gasteiger partial charge on any atom is -0.468 e. The molecule has 78 valence electrons. The van der Waals surface area contributed by atoms with Crippen LogP contribution < -0.4 is 10.5 Å². The van der Waals surface area contributed by atoms with Crippen LogP contribution in [0.5, 0.6) is 5.75 Å². The molecule has 1 heterocycles. The minimum absolute atomic E-state index is 0.0845. The molecule has 0 spiro atoms. The Morgan fingerprint density at radius 2 is 2.13 bits per heavy atom. The van der Waals surface area contributed by atoms with Crippen LogP contribution in [-0.4, -0.2) is 12.4 Å². The smallest absolute Gasteiger partial charge is 0.192 e.